The molecule has 0 spiro atoms. The smallest absolute Gasteiger partial charge is 0.290 e. The second-order valence-electron chi connectivity index (χ2n) is 5.04. The van der Waals surface area contributed by atoms with Crippen molar-refractivity contribution in [1.29, 1.82) is 0 Å². The summed E-state index contributed by atoms with van der Waals surface area (Å²) in [4.78, 5) is 24.1. The molecule has 3 aromatic rings. The minimum atomic E-state index is -0.494. The van der Waals surface area contributed by atoms with Gasteiger partial charge < -0.3 is 4.57 Å². The van der Waals surface area contributed by atoms with Crippen molar-refractivity contribution in [1.82, 2.24) is 25.2 Å². The molecule has 8 heteroatoms. The average Bonchev–Trinajstić information content (AvgIpc) is 3.20. The number of nitrogens with one attached hydrogen (secondary N) is 2. The number of carbonyl (C=O) groups excluding carboxylic acids is 2. The number of amides is 2. The summed E-state index contributed by atoms with van der Waals surface area (Å²) in [6, 6.07) is 12.7. The molecule has 0 aliphatic carbocycles. The maximum atomic E-state index is 12.1. The number of hydrazine groups is 1. The highest BCUT2D eigenvalue weighted by Gasteiger charge is 2.14. The molecule has 2 heterocycles. The van der Waals surface area contributed by atoms with Crippen LogP contribution < -0.4 is 10.9 Å². The number of halogens is 1. The van der Waals surface area contributed by atoms with E-state index in [1.807, 2.05) is 30.3 Å². The van der Waals surface area contributed by atoms with Crippen LogP contribution in [-0.2, 0) is 7.05 Å². The molecule has 3 rings (SSSR count). The van der Waals surface area contributed by atoms with Crippen LogP contribution in [0.5, 0.6) is 0 Å². The van der Waals surface area contributed by atoms with Crippen molar-refractivity contribution in [2.75, 3.05) is 0 Å². The fourth-order valence-corrected chi connectivity index (χ4v) is 2.69. The van der Waals surface area contributed by atoms with E-state index >= 15 is 0 Å². The first-order valence-electron chi connectivity index (χ1n) is 7.08. The molecular weight excluding hydrogens is 374 g/mol. The zero-order chi connectivity index (χ0) is 17.1. The van der Waals surface area contributed by atoms with Gasteiger partial charge in [0.1, 0.15) is 5.69 Å². The lowest BCUT2D eigenvalue weighted by atomic mass is 10.3. The molecule has 0 radical (unpaired) electrons. The van der Waals surface area contributed by atoms with Gasteiger partial charge in [0.05, 0.1) is 5.69 Å². The van der Waals surface area contributed by atoms with Crippen LogP contribution in [0.2, 0.25) is 0 Å². The fourth-order valence-electron chi connectivity index (χ4n) is 2.16. The molecule has 122 valence electrons. The van der Waals surface area contributed by atoms with Crippen LogP contribution in [0.25, 0.3) is 5.69 Å². The Labute approximate surface area is 146 Å². The first-order chi connectivity index (χ1) is 11.5. The van der Waals surface area contributed by atoms with Crippen LogP contribution >= 0.6 is 15.9 Å². The van der Waals surface area contributed by atoms with Crippen LogP contribution in [-0.4, -0.2) is 26.2 Å². The Balaban J connectivity index is 1.64. The summed E-state index contributed by atoms with van der Waals surface area (Å²) in [7, 11) is 1.74. The van der Waals surface area contributed by atoms with E-state index < -0.39 is 11.8 Å². The van der Waals surface area contributed by atoms with Crippen molar-refractivity contribution < 1.29 is 9.59 Å². The maximum absolute atomic E-state index is 12.1. The van der Waals surface area contributed by atoms with Gasteiger partial charge in [-0.25, -0.2) is 4.68 Å². The molecule has 0 bridgehead atoms. The predicted octanol–water partition coefficient (Wildman–Crippen LogP) is 2.05. The van der Waals surface area contributed by atoms with Gasteiger partial charge in [-0.1, -0.05) is 18.2 Å². The first kappa shape index (κ1) is 16.0. The summed E-state index contributed by atoms with van der Waals surface area (Å²) in [5.41, 5.74) is 6.18. The van der Waals surface area contributed by atoms with E-state index in [2.05, 4.69) is 31.9 Å². The molecule has 2 N–H and O–H groups in total. The van der Waals surface area contributed by atoms with Crippen molar-refractivity contribution >= 4 is 27.7 Å². The zero-order valence-electron chi connectivity index (χ0n) is 12.7. The monoisotopic (exact) mass is 387 g/mol. The van der Waals surface area contributed by atoms with Crippen LogP contribution in [0.1, 0.15) is 21.0 Å². The Bertz CT molecular complexity index is 885. The molecule has 2 aromatic heterocycles. The Morgan fingerprint density at radius 2 is 1.79 bits per heavy atom. The molecule has 7 nitrogen and oxygen atoms in total. The lowest BCUT2D eigenvalue weighted by Gasteiger charge is -2.06. The highest BCUT2D eigenvalue weighted by Crippen LogP contribution is 2.13. The summed E-state index contributed by atoms with van der Waals surface area (Å²) in [6.07, 6.45) is 3.43. The predicted molar refractivity (Wildman–Crippen MR) is 91.6 cm³/mol. The van der Waals surface area contributed by atoms with E-state index in [9.17, 15) is 9.59 Å². The third kappa shape index (κ3) is 3.38. The Morgan fingerprint density at radius 1 is 1.08 bits per heavy atom. The van der Waals surface area contributed by atoms with Crippen molar-refractivity contribution in [2.24, 2.45) is 7.05 Å². The molecule has 1 aromatic carbocycles. The van der Waals surface area contributed by atoms with Crippen molar-refractivity contribution in [3.05, 3.63) is 70.7 Å². The molecule has 2 amide bonds. The fraction of sp³-hybridized carbons (Fsp3) is 0.0625. The van der Waals surface area contributed by atoms with E-state index in [1.165, 1.54) is 0 Å². The molecular formula is C16H14BrN5O2. The van der Waals surface area contributed by atoms with Gasteiger partial charge in [-0.2, -0.15) is 5.10 Å². The molecule has 0 saturated carbocycles. The summed E-state index contributed by atoms with van der Waals surface area (Å²) in [5, 5.41) is 4.19. The van der Waals surface area contributed by atoms with Gasteiger partial charge >= 0.3 is 0 Å². The highest BCUT2D eigenvalue weighted by atomic mass is 79.9. The van der Waals surface area contributed by atoms with Crippen LogP contribution in [0.4, 0.5) is 0 Å². The van der Waals surface area contributed by atoms with Gasteiger partial charge in [-0.3, -0.25) is 20.4 Å². The van der Waals surface area contributed by atoms with Gasteiger partial charge in [-0.05, 0) is 40.2 Å². The quantitative estimate of drug-likeness (QED) is 0.674. The molecule has 24 heavy (non-hydrogen) atoms. The second-order valence-corrected chi connectivity index (χ2v) is 5.96. The third-order valence-corrected chi connectivity index (χ3v) is 3.77. The van der Waals surface area contributed by atoms with E-state index in [0.717, 1.165) is 10.2 Å². The third-order valence-electron chi connectivity index (χ3n) is 3.34. The van der Waals surface area contributed by atoms with Crippen LogP contribution in [0.15, 0.2) is 59.3 Å². The largest absolute Gasteiger partial charge is 0.345 e. The summed E-state index contributed by atoms with van der Waals surface area (Å²) < 4.78 is 4.02. The van der Waals surface area contributed by atoms with Gasteiger partial charge in [-0.15, -0.1) is 0 Å². The zero-order valence-corrected chi connectivity index (χ0v) is 14.3. The number of rotatable bonds is 3. The minimum Gasteiger partial charge on any atom is -0.345 e. The number of aryl methyl sites for hydroxylation is 1. The van der Waals surface area contributed by atoms with E-state index in [4.69, 9.17) is 0 Å². The van der Waals surface area contributed by atoms with Crippen LogP contribution in [0.3, 0.4) is 0 Å². The molecule has 0 unspecified atom stereocenters. The van der Waals surface area contributed by atoms with E-state index in [-0.39, 0.29) is 5.69 Å². The number of benzene rings is 1. The van der Waals surface area contributed by atoms with Crippen molar-refractivity contribution in [3.8, 4) is 5.69 Å². The van der Waals surface area contributed by atoms with Crippen molar-refractivity contribution in [2.45, 2.75) is 0 Å². The van der Waals surface area contributed by atoms with Gasteiger partial charge in [0.25, 0.3) is 11.8 Å². The normalized spacial score (nSPS) is 10.4. The highest BCUT2D eigenvalue weighted by molar-refractivity contribution is 9.10. The van der Waals surface area contributed by atoms with E-state index in [1.54, 1.807) is 40.8 Å². The van der Waals surface area contributed by atoms with Crippen molar-refractivity contribution in [3.63, 3.8) is 0 Å². The lowest BCUT2D eigenvalue weighted by Crippen LogP contribution is -2.42. The number of hydrogen-bond donors (Lipinski definition) is 2. The Kier molecular flexibility index (Phi) is 4.48. The maximum Gasteiger partial charge on any atom is 0.290 e. The number of carbonyl (C=O) groups is 2. The Morgan fingerprint density at radius 3 is 2.46 bits per heavy atom. The molecule has 0 fully saturated rings. The summed E-state index contributed by atoms with van der Waals surface area (Å²) in [6.45, 7) is 0. The lowest BCUT2D eigenvalue weighted by molar-refractivity contribution is 0.0839. The average molecular weight is 388 g/mol. The summed E-state index contributed by atoms with van der Waals surface area (Å²) >= 11 is 3.29. The van der Waals surface area contributed by atoms with Gasteiger partial charge in [0.15, 0.2) is 5.69 Å². The van der Waals surface area contributed by atoms with Gasteiger partial charge in [0, 0.05) is 23.9 Å². The number of para-hydroxylation sites is 1. The number of hydrogen-bond acceptors (Lipinski definition) is 3. The number of aromatic nitrogens is 3. The molecule has 0 aliphatic heterocycles. The topological polar surface area (TPSA) is 81.0 Å². The number of nitrogens with zero attached hydrogens (tertiary/aromatic N) is 3. The molecule has 0 aliphatic rings. The summed E-state index contributed by atoms with van der Waals surface area (Å²) in [5.74, 6) is -0.912. The standard InChI is InChI=1S/C16H14BrN5O2/c1-21-10-11(17)9-14(21)16(24)19-18-15(23)13-7-8-22(20-13)12-5-3-2-4-6-12/h2-10H,1H3,(H,18,23)(H,19,24). The van der Waals surface area contributed by atoms with E-state index in [0.29, 0.717) is 5.69 Å². The van der Waals surface area contributed by atoms with Crippen LogP contribution in [0, 0.1) is 0 Å². The first-order valence-corrected chi connectivity index (χ1v) is 7.87. The Hall–Kier alpha value is -2.87. The second kappa shape index (κ2) is 6.71. The SMILES string of the molecule is Cn1cc(Br)cc1C(=O)NNC(=O)c1ccn(-c2ccccc2)n1. The molecule has 0 atom stereocenters. The molecule has 0 saturated heterocycles. The van der Waals surface area contributed by atoms with Gasteiger partial charge in [0.2, 0.25) is 0 Å². The minimum absolute atomic E-state index is 0.201.